The van der Waals surface area contributed by atoms with E-state index in [0.717, 1.165) is 22.6 Å². The standard InChI is InChI=1S/C22H28N2O3/c1-5-27-20-8-6-7-17(21(20)25)19-13-18(23-22(24-19)14(2)3)15-9-11-16(26-4)12-10-15/h6-12,14,19,22,24-25H,5,13H2,1-4H3/t19-,22+/m1/s1. The molecule has 2 N–H and O–H groups in total. The SMILES string of the molecule is CCOc1cccc([C@H]2CC(c3ccc(OC)cc3)=N[C@H](C(C)C)N2)c1O. The van der Waals surface area contributed by atoms with Gasteiger partial charge in [-0.3, -0.25) is 10.3 Å². The minimum absolute atomic E-state index is 0.0176. The Hall–Kier alpha value is -2.53. The highest BCUT2D eigenvalue weighted by Gasteiger charge is 2.29. The summed E-state index contributed by atoms with van der Waals surface area (Å²) in [7, 11) is 1.66. The first-order valence-electron chi connectivity index (χ1n) is 9.45. The molecule has 1 aliphatic rings. The summed E-state index contributed by atoms with van der Waals surface area (Å²) in [5.74, 6) is 1.88. The van der Waals surface area contributed by atoms with Gasteiger partial charge in [0.1, 0.15) is 11.9 Å². The lowest BCUT2D eigenvalue weighted by molar-refractivity contribution is 0.309. The maximum Gasteiger partial charge on any atom is 0.162 e. The molecule has 0 amide bonds. The molecule has 2 aromatic rings. The summed E-state index contributed by atoms with van der Waals surface area (Å²) in [5, 5.41) is 14.3. The summed E-state index contributed by atoms with van der Waals surface area (Å²) in [6, 6.07) is 13.6. The zero-order valence-corrected chi connectivity index (χ0v) is 16.4. The third kappa shape index (κ3) is 4.25. The number of aromatic hydroxyl groups is 1. The average molecular weight is 368 g/mol. The van der Waals surface area contributed by atoms with Crippen LogP contribution in [0.5, 0.6) is 17.2 Å². The van der Waals surface area contributed by atoms with Crippen molar-refractivity contribution in [2.75, 3.05) is 13.7 Å². The first-order chi connectivity index (χ1) is 13.0. The number of ether oxygens (including phenoxy) is 2. The molecule has 0 radical (unpaired) electrons. The predicted molar refractivity (Wildman–Crippen MR) is 108 cm³/mol. The largest absolute Gasteiger partial charge is 0.504 e. The minimum atomic E-state index is -0.0348. The first-order valence-corrected chi connectivity index (χ1v) is 9.45. The van der Waals surface area contributed by atoms with Crippen molar-refractivity contribution in [3.63, 3.8) is 0 Å². The fraction of sp³-hybridized carbons (Fsp3) is 0.409. The summed E-state index contributed by atoms with van der Waals surface area (Å²) >= 11 is 0. The van der Waals surface area contributed by atoms with Crippen molar-refractivity contribution in [1.82, 2.24) is 5.32 Å². The molecule has 0 bridgehead atoms. The number of nitrogens with zero attached hydrogens (tertiary/aromatic N) is 1. The molecule has 27 heavy (non-hydrogen) atoms. The summed E-state index contributed by atoms with van der Waals surface area (Å²) in [6.45, 7) is 6.72. The summed E-state index contributed by atoms with van der Waals surface area (Å²) < 4.78 is 10.8. The van der Waals surface area contributed by atoms with Gasteiger partial charge in [-0.25, -0.2) is 0 Å². The molecule has 144 valence electrons. The third-order valence-corrected chi connectivity index (χ3v) is 4.82. The van der Waals surface area contributed by atoms with Crippen LogP contribution in [0.15, 0.2) is 47.5 Å². The lowest BCUT2D eigenvalue weighted by Crippen LogP contribution is -2.41. The number of nitrogens with one attached hydrogen (secondary N) is 1. The Balaban J connectivity index is 1.94. The number of hydrogen-bond donors (Lipinski definition) is 2. The van der Waals surface area contributed by atoms with Crippen LogP contribution in [0.1, 0.15) is 44.4 Å². The quantitative estimate of drug-likeness (QED) is 0.798. The monoisotopic (exact) mass is 368 g/mol. The Labute approximate surface area is 161 Å². The molecular weight excluding hydrogens is 340 g/mol. The summed E-state index contributed by atoms with van der Waals surface area (Å²) in [5.41, 5.74) is 2.95. The van der Waals surface area contributed by atoms with E-state index in [9.17, 15) is 5.11 Å². The fourth-order valence-electron chi connectivity index (χ4n) is 3.33. The van der Waals surface area contributed by atoms with Gasteiger partial charge in [0.25, 0.3) is 0 Å². The van der Waals surface area contributed by atoms with E-state index in [1.807, 2.05) is 43.3 Å². The van der Waals surface area contributed by atoms with Gasteiger partial charge in [0.05, 0.1) is 13.7 Å². The Morgan fingerprint density at radius 3 is 2.56 bits per heavy atom. The lowest BCUT2D eigenvalue weighted by atomic mass is 9.92. The fourth-order valence-corrected chi connectivity index (χ4v) is 3.33. The number of phenols is 1. The van der Waals surface area contributed by atoms with E-state index < -0.39 is 0 Å². The number of phenolic OH excluding ortho intramolecular Hbond substituents is 1. The molecule has 0 aromatic heterocycles. The van der Waals surface area contributed by atoms with Crippen LogP contribution in [0.25, 0.3) is 0 Å². The number of para-hydroxylation sites is 1. The second-order valence-electron chi connectivity index (χ2n) is 7.04. The lowest BCUT2D eigenvalue weighted by Gasteiger charge is -2.32. The van der Waals surface area contributed by atoms with Crippen molar-refractivity contribution < 1.29 is 14.6 Å². The number of rotatable bonds is 6. The molecule has 1 heterocycles. The molecule has 0 saturated heterocycles. The topological polar surface area (TPSA) is 63.1 Å². The number of aliphatic imine (C=N–C) groups is 1. The molecule has 0 fully saturated rings. The molecule has 5 heteroatoms. The highest BCUT2D eigenvalue weighted by molar-refractivity contribution is 6.01. The molecule has 1 aliphatic heterocycles. The Morgan fingerprint density at radius 1 is 1.19 bits per heavy atom. The van der Waals surface area contributed by atoms with E-state index in [1.165, 1.54) is 0 Å². The van der Waals surface area contributed by atoms with Crippen molar-refractivity contribution in [3.8, 4) is 17.2 Å². The van der Waals surface area contributed by atoms with Crippen molar-refractivity contribution in [2.24, 2.45) is 10.9 Å². The second kappa shape index (κ2) is 8.44. The van der Waals surface area contributed by atoms with Crippen LogP contribution < -0.4 is 14.8 Å². The van der Waals surface area contributed by atoms with Gasteiger partial charge in [-0.1, -0.05) is 26.0 Å². The third-order valence-electron chi connectivity index (χ3n) is 4.82. The first kappa shape index (κ1) is 19.2. The molecule has 0 saturated carbocycles. The van der Waals surface area contributed by atoms with Crippen LogP contribution >= 0.6 is 0 Å². The van der Waals surface area contributed by atoms with Gasteiger partial charge in [0.2, 0.25) is 0 Å². The average Bonchev–Trinajstić information content (AvgIpc) is 2.69. The van der Waals surface area contributed by atoms with Crippen LogP contribution in [0.3, 0.4) is 0 Å². The van der Waals surface area contributed by atoms with Crippen LogP contribution in [0, 0.1) is 5.92 Å². The number of hydrogen-bond acceptors (Lipinski definition) is 5. The molecule has 0 spiro atoms. The van der Waals surface area contributed by atoms with Crippen LogP contribution in [0.2, 0.25) is 0 Å². The van der Waals surface area contributed by atoms with Crippen molar-refractivity contribution in [1.29, 1.82) is 0 Å². The molecule has 2 atom stereocenters. The summed E-state index contributed by atoms with van der Waals surface area (Å²) in [4.78, 5) is 4.92. The van der Waals surface area contributed by atoms with E-state index in [1.54, 1.807) is 13.2 Å². The number of methoxy groups -OCH3 is 1. The molecule has 3 rings (SSSR count). The zero-order chi connectivity index (χ0) is 19.4. The Kier molecular flexibility index (Phi) is 6.01. The second-order valence-corrected chi connectivity index (χ2v) is 7.04. The maximum atomic E-state index is 10.7. The van der Waals surface area contributed by atoms with Gasteiger partial charge in [0, 0.05) is 23.7 Å². The zero-order valence-electron chi connectivity index (χ0n) is 16.4. The molecular formula is C22H28N2O3. The number of benzene rings is 2. The van der Waals surface area contributed by atoms with E-state index in [4.69, 9.17) is 14.5 Å². The normalized spacial score (nSPS) is 19.7. The van der Waals surface area contributed by atoms with Gasteiger partial charge in [-0.2, -0.15) is 0 Å². The van der Waals surface area contributed by atoms with Crippen LogP contribution in [-0.2, 0) is 0 Å². The van der Waals surface area contributed by atoms with Gasteiger partial charge in [-0.05, 0) is 48.7 Å². The van der Waals surface area contributed by atoms with E-state index >= 15 is 0 Å². The maximum absolute atomic E-state index is 10.7. The van der Waals surface area contributed by atoms with Crippen molar-refractivity contribution >= 4 is 5.71 Å². The molecule has 0 unspecified atom stereocenters. The molecule has 2 aromatic carbocycles. The van der Waals surface area contributed by atoms with Gasteiger partial charge < -0.3 is 14.6 Å². The van der Waals surface area contributed by atoms with Crippen LogP contribution in [-0.4, -0.2) is 30.7 Å². The summed E-state index contributed by atoms with van der Waals surface area (Å²) in [6.07, 6.45) is 0.676. The smallest absolute Gasteiger partial charge is 0.162 e. The highest BCUT2D eigenvalue weighted by atomic mass is 16.5. The van der Waals surface area contributed by atoms with Crippen molar-refractivity contribution in [2.45, 2.75) is 39.4 Å². The van der Waals surface area contributed by atoms with Crippen molar-refractivity contribution in [3.05, 3.63) is 53.6 Å². The Morgan fingerprint density at radius 2 is 1.93 bits per heavy atom. The van der Waals surface area contributed by atoms with E-state index in [0.29, 0.717) is 24.7 Å². The predicted octanol–water partition coefficient (Wildman–Crippen LogP) is 4.31. The molecule has 0 aliphatic carbocycles. The van der Waals surface area contributed by atoms with E-state index in [2.05, 4.69) is 19.2 Å². The minimum Gasteiger partial charge on any atom is -0.504 e. The van der Waals surface area contributed by atoms with Gasteiger partial charge >= 0.3 is 0 Å². The van der Waals surface area contributed by atoms with Gasteiger partial charge in [-0.15, -0.1) is 0 Å². The van der Waals surface area contributed by atoms with Crippen LogP contribution in [0.4, 0.5) is 0 Å². The Bertz CT molecular complexity index is 800. The van der Waals surface area contributed by atoms with E-state index in [-0.39, 0.29) is 18.0 Å². The van der Waals surface area contributed by atoms with Gasteiger partial charge in [0.15, 0.2) is 11.5 Å². The highest BCUT2D eigenvalue weighted by Crippen LogP contribution is 2.37. The molecule has 5 nitrogen and oxygen atoms in total.